The van der Waals surface area contributed by atoms with Crippen LogP contribution in [0.4, 0.5) is 26.2 Å². The molecule has 1 fully saturated rings. The van der Waals surface area contributed by atoms with Gasteiger partial charge in [-0.2, -0.15) is 0 Å². The Bertz CT molecular complexity index is 908. The van der Waals surface area contributed by atoms with Gasteiger partial charge in [0.2, 0.25) is 0 Å². The Morgan fingerprint density at radius 3 is 2.50 bits per heavy atom. The fraction of sp³-hybridized carbons (Fsp3) is 0.391. The molecule has 2 aromatic carbocycles. The molecule has 30 heavy (non-hydrogen) atoms. The van der Waals surface area contributed by atoms with Crippen LogP contribution in [0.15, 0.2) is 42.5 Å². The second-order valence-corrected chi connectivity index (χ2v) is 8.52. The number of amides is 1. The van der Waals surface area contributed by atoms with E-state index in [4.69, 9.17) is 10.1 Å². The molecule has 0 saturated carbocycles. The van der Waals surface area contributed by atoms with Crippen molar-refractivity contribution >= 4 is 29.4 Å². The number of nitrogens with one attached hydrogen (secondary N) is 2. The smallest absolute Gasteiger partial charge is 0.410 e. The molecule has 3 rings (SSSR count). The molecule has 0 unspecified atom stereocenters. The van der Waals surface area contributed by atoms with Crippen molar-refractivity contribution < 1.29 is 13.9 Å². The van der Waals surface area contributed by atoms with Gasteiger partial charge in [0.15, 0.2) is 0 Å². The molecule has 0 aliphatic carbocycles. The topological polar surface area (TPSA) is 68.7 Å². The molecule has 7 heteroatoms. The third kappa shape index (κ3) is 5.28. The molecule has 1 heterocycles. The second-order valence-electron chi connectivity index (χ2n) is 8.52. The van der Waals surface area contributed by atoms with E-state index >= 15 is 0 Å². The van der Waals surface area contributed by atoms with Crippen molar-refractivity contribution in [3.8, 4) is 0 Å². The number of halogens is 1. The molecular weight excluding hydrogens is 383 g/mol. The number of ether oxygens (including phenoxy) is 1. The predicted octanol–water partition coefficient (Wildman–Crippen LogP) is 5.01. The van der Waals surface area contributed by atoms with Crippen molar-refractivity contribution in [1.29, 1.82) is 5.41 Å². The maximum atomic E-state index is 13.1. The van der Waals surface area contributed by atoms with Crippen LogP contribution in [0.2, 0.25) is 0 Å². The maximum absolute atomic E-state index is 13.1. The van der Waals surface area contributed by atoms with Crippen LogP contribution >= 0.6 is 0 Å². The van der Waals surface area contributed by atoms with Crippen molar-refractivity contribution in [2.24, 2.45) is 0 Å². The lowest BCUT2D eigenvalue weighted by atomic mass is 10.1. The summed E-state index contributed by atoms with van der Waals surface area (Å²) in [6, 6.07) is 12.1. The molecule has 0 aromatic heterocycles. The third-order valence-corrected chi connectivity index (χ3v) is 4.92. The fourth-order valence-electron chi connectivity index (χ4n) is 3.48. The molecule has 0 radical (unpaired) electrons. The summed E-state index contributed by atoms with van der Waals surface area (Å²) < 4.78 is 18.6. The molecule has 2 N–H and O–H groups in total. The van der Waals surface area contributed by atoms with E-state index in [9.17, 15) is 9.18 Å². The second kappa shape index (κ2) is 8.73. The van der Waals surface area contributed by atoms with Crippen LogP contribution < -0.4 is 10.2 Å². The Morgan fingerprint density at radius 2 is 1.90 bits per heavy atom. The summed E-state index contributed by atoms with van der Waals surface area (Å²) >= 11 is 0. The minimum atomic E-state index is -0.510. The summed E-state index contributed by atoms with van der Waals surface area (Å²) in [4.78, 5) is 16.3. The highest BCUT2D eigenvalue weighted by Crippen LogP contribution is 2.28. The van der Waals surface area contributed by atoms with E-state index in [1.54, 1.807) is 17.0 Å². The van der Waals surface area contributed by atoms with E-state index in [2.05, 4.69) is 17.1 Å². The molecular formula is C23H29FN4O2. The number of benzene rings is 2. The standard InChI is InChI=1S/C23H29FN4O2/c1-16-15-27(22(29)30-23(2,3)4)11-12-28(16)20-9-10-21(17(13-20)14-25)26-19-7-5-18(24)6-8-19/h5-10,13-14,16,25-26H,11-12,15H2,1-4H3/t16-/m1/s1. The van der Waals surface area contributed by atoms with Gasteiger partial charge in [-0.1, -0.05) is 0 Å². The molecule has 1 aliphatic heterocycles. The molecule has 1 atom stereocenters. The summed E-state index contributed by atoms with van der Waals surface area (Å²) in [5.74, 6) is -0.289. The highest BCUT2D eigenvalue weighted by atomic mass is 19.1. The van der Waals surface area contributed by atoms with Crippen LogP contribution in [0, 0.1) is 11.2 Å². The van der Waals surface area contributed by atoms with Crippen LogP contribution in [0.25, 0.3) is 0 Å². The summed E-state index contributed by atoms with van der Waals surface area (Å²) in [5, 5.41) is 11.0. The van der Waals surface area contributed by atoms with E-state index in [1.807, 2.05) is 39.0 Å². The molecule has 1 amide bonds. The molecule has 0 bridgehead atoms. The van der Waals surface area contributed by atoms with Gasteiger partial charge in [-0.3, -0.25) is 0 Å². The number of piperazine rings is 1. The van der Waals surface area contributed by atoms with Crippen molar-refractivity contribution in [2.75, 3.05) is 29.9 Å². The first-order valence-electron chi connectivity index (χ1n) is 10.1. The summed E-state index contributed by atoms with van der Waals surface area (Å²) in [6.45, 7) is 9.51. The first-order chi connectivity index (χ1) is 14.2. The van der Waals surface area contributed by atoms with Crippen molar-refractivity contribution in [1.82, 2.24) is 4.90 Å². The van der Waals surface area contributed by atoms with Gasteiger partial charge in [0.1, 0.15) is 11.4 Å². The summed E-state index contributed by atoms with van der Waals surface area (Å²) in [6.07, 6.45) is 1.02. The van der Waals surface area contributed by atoms with Crippen LogP contribution in [0.1, 0.15) is 33.3 Å². The minimum Gasteiger partial charge on any atom is -0.444 e. The Balaban J connectivity index is 1.71. The van der Waals surface area contributed by atoms with Gasteiger partial charge < -0.3 is 25.3 Å². The zero-order valence-electron chi connectivity index (χ0n) is 17.9. The van der Waals surface area contributed by atoms with Gasteiger partial charge in [-0.05, 0) is 70.2 Å². The van der Waals surface area contributed by atoms with Crippen LogP contribution in [-0.4, -0.2) is 48.5 Å². The summed E-state index contributed by atoms with van der Waals surface area (Å²) in [5.41, 5.74) is 2.75. The minimum absolute atomic E-state index is 0.112. The van der Waals surface area contributed by atoms with Gasteiger partial charge in [-0.15, -0.1) is 0 Å². The first-order valence-corrected chi connectivity index (χ1v) is 10.1. The van der Waals surface area contributed by atoms with E-state index in [0.29, 0.717) is 19.6 Å². The van der Waals surface area contributed by atoms with E-state index in [0.717, 1.165) is 22.6 Å². The Kier molecular flexibility index (Phi) is 6.29. The summed E-state index contributed by atoms with van der Waals surface area (Å²) in [7, 11) is 0. The monoisotopic (exact) mass is 412 g/mol. The van der Waals surface area contributed by atoms with Crippen molar-refractivity contribution in [3.63, 3.8) is 0 Å². The molecule has 0 spiro atoms. The van der Waals surface area contributed by atoms with Gasteiger partial charge in [-0.25, -0.2) is 9.18 Å². The molecule has 6 nitrogen and oxygen atoms in total. The van der Waals surface area contributed by atoms with Gasteiger partial charge in [0.05, 0.1) is 0 Å². The number of anilines is 3. The van der Waals surface area contributed by atoms with Crippen LogP contribution in [0.5, 0.6) is 0 Å². The zero-order valence-corrected chi connectivity index (χ0v) is 17.9. The van der Waals surface area contributed by atoms with E-state index in [-0.39, 0.29) is 18.0 Å². The first kappa shape index (κ1) is 21.6. The number of carbonyl (C=O) groups is 1. The highest BCUT2D eigenvalue weighted by Gasteiger charge is 2.30. The number of nitrogens with zero attached hydrogens (tertiary/aromatic N) is 2. The van der Waals surface area contributed by atoms with Crippen LogP contribution in [-0.2, 0) is 4.74 Å². The Labute approximate surface area is 177 Å². The zero-order chi connectivity index (χ0) is 21.9. The number of rotatable bonds is 4. The Hall–Kier alpha value is -3.09. The van der Waals surface area contributed by atoms with Crippen LogP contribution in [0.3, 0.4) is 0 Å². The normalized spacial score (nSPS) is 16.9. The Morgan fingerprint density at radius 1 is 1.20 bits per heavy atom. The number of hydrogen-bond acceptors (Lipinski definition) is 5. The maximum Gasteiger partial charge on any atom is 0.410 e. The van der Waals surface area contributed by atoms with Crippen molar-refractivity contribution in [2.45, 2.75) is 39.3 Å². The lowest BCUT2D eigenvalue weighted by molar-refractivity contribution is 0.0219. The number of carbonyl (C=O) groups excluding carboxylic acids is 1. The lowest BCUT2D eigenvalue weighted by Crippen LogP contribution is -2.54. The lowest BCUT2D eigenvalue weighted by Gasteiger charge is -2.41. The molecule has 2 aromatic rings. The molecule has 1 aliphatic rings. The quantitative estimate of drug-likeness (QED) is 0.693. The SMILES string of the molecule is C[C@@H]1CN(C(=O)OC(C)(C)C)CCN1c1ccc(Nc2ccc(F)cc2)c(C=N)c1. The molecule has 160 valence electrons. The van der Waals surface area contributed by atoms with E-state index in [1.165, 1.54) is 18.3 Å². The third-order valence-electron chi connectivity index (χ3n) is 4.92. The average molecular weight is 413 g/mol. The van der Waals surface area contributed by atoms with Gasteiger partial charge >= 0.3 is 6.09 Å². The van der Waals surface area contributed by atoms with Gasteiger partial charge in [0.25, 0.3) is 0 Å². The fourth-order valence-corrected chi connectivity index (χ4v) is 3.48. The predicted molar refractivity (Wildman–Crippen MR) is 119 cm³/mol. The average Bonchev–Trinajstić information content (AvgIpc) is 2.68. The largest absolute Gasteiger partial charge is 0.444 e. The van der Waals surface area contributed by atoms with Gasteiger partial charge in [0, 0.05) is 54.5 Å². The number of hydrogen-bond donors (Lipinski definition) is 2. The highest BCUT2D eigenvalue weighted by molar-refractivity contribution is 5.89. The molecule has 1 saturated heterocycles. The van der Waals surface area contributed by atoms with E-state index < -0.39 is 5.60 Å². The van der Waals surface area contributed by atoms with Crippen molar-refractivity contribution in [3.05, 3.63) is 53.8 Å².